The van der Waals surface area contributed by atoms with E-state index in [2.05, 4.69) is 10.5 Å². The highest BCUT2D eigenvalue weighted by Gasteiger charge is 2.38. The van der Waals surface area contributed by atoms with Crippen molar-refractivity contribution in [3.63, 3.8) is 0 Å². The quantitative estimate of drug-likeness (QED) is 0.730. The van der Waals surface area contributed by atoms with Crippen molar-refractivity contribution in [3.05, 3.63) is 42.2 Å². The number of anilines is 1. The molecule has 9 heteroatoms. The second-order valence-electron chi connectivity index (χ2n) is 7.85. The summed E-state index contributed by atoms with van der Waals surface area (Å²) in [6.07, 6.45) is 0.0500. The average molecular weight is 424 g/mol. The molecular formula is C20H22F2N2O4S. The van der Waals surface area contributed by atoms with E-state index in [-0.39, 0.29) is 47.1 Å². The van der Waals surface area contributed by atoms with E-state index in [1.165, 1.54) is 24.5 Å². The molecule has 1 N–H and O–H groups in total. The maximum Gasteiger partial charge on any atom is 0.233 e. The molecule has 2 fully saturated rings. The number of amides is 1. The molecule has 0 spiro atoms. The largest absolute Gasteiger partial charge is 0.363 e. The first-order chi connectivity index (χ1) is 13.8. The minimum atomic E-state index is -3.33. The molecule has 0 bridgehead atoms. The molecule has 1 aromatic carbocycles. The van der Waals surface area contributed by atoms with Gasteiger partial charge in [0.2, 0.25) is 5.91 Å². The molecule has 1 amide bonds. The molecule has 29 heavy (non-hydrogen) atoms. The summed E-state index contributed by atoms with van der Waals surface area (Å²) in [4.78, 5) is 13.1. The molecule has 6 nitrogen and oxygen atoms in total. The molecule has 0 aliphatic heterocycles. The Balaban J connectivity index is 1.56. The number of hydrogen-bond acceptors (Lipinski definition) is 5. The fraction of sp³-hybridized carbons (Fsp3) is 0.500. The molecule has 2 aliphatic carbocycles. The van der Waals surface area contributed by atoms with Gasteiger partial charge in [-0.15, -0.1) is 0 Å². The predicted molar refractivity (Wildman–Crippen MR) is 102 cm³/mol. The van der Waals surface area contributed by atoms with Gasteiger partial charge >= 0.3 is 0 Å². The summed E-state index contributed by atoms with van der Waals surface area (Å²) in [6.45, 7) is 0. The number of benzene rings is 1. The van der Waals surface area contributed by atoms with Crippen molar-refractivity contribution in [2.24, 2.45) is 5.92 Å². The highest BCUT2D eigenvalue weighted by Crippen LogP contribution is 2.39. The SMILES string of the molecule is O=C(Nc1ccon1)[C@H](CC1CC(F)C(F)C1)c1ccc(S(=O)(=O)C2CC2)cc1. The highest BCUT2D eigenvalue weighted by atomic mass is 32.2. The van der Waals surface area contributed by atoms with Gasteiger partial charge in [-0.2, -0.15) is 0 Å². The standard InChI is InChI=1S/C20H22F2N2O4S/c21-17-10-12(11-18(17)22)9-16(20(25)23-19-7-8-28-24-19)13-1-3-14(4-2-13)29(26,27)15-5-6-15/h1-4,7-8,12,15-18H,5-6,9-11H2,(H,23,24,25)/t12?,16-,17?,18?/m1/s1. The van der Waals surface area contributed by atoms with Gasteiger partial charge in [0, 0.05) is 6.07 Å². The molecule has 156 valence electrons. The fourth-order valence-electron chi connectivity index (χ4n) is 3.90. The number of sulfone groups is 1. The average Bonchev–Trinajstić information content (AvgIpc) is 3.36. The molecule has 1 aromatic heterocycles. The zero-order valence-corrected chi connectivity index (χ0v) is 16.4. The van der Waals surface area contributed by atoms with Crippen molar-refractivity contribution < 1.29 is 26.5 Å². The molecule has 3 atom stereocenters. The Morgan fingerprint density at radius 1 is 1.14 bits per heavy atom. The lowest BCUT2D eigenvalue weighted by molar-refractivity contribution is -0.118. The van der Waals surface area contributed by atoms with Crippen LogP contribution >= 0.6 is 0 Å². The minimum absolute atomic E-state index is 0.0725. The Morgan fingerprint density at radius 2 is 1.79 bits per heavy atom. The lowest BCUT2D eigenvalue weighted by atomic mass is 9.87. The van der Waals surface area contributed by atoms with Crippen LogP contribution in [0.3, 0.4) is 0 Å². The third-order valence-electron chi connectivity index (χ3n) is 5.66. The molecule has 0 radical (unpaired) electrons. The third-order valence-corrected chi connectivity index (χ3v) is 7.94. The first kappa shape index (κ1) is 20.0. The highest BCUT2D eigenvalue weighted by molar-refractivity contribution is 7.92. The number of alkyl halides is 2. The van der Waals surface area contributed by atoms with E-state index in [0.717, 1.165) is 0 Å². The molecule has 2 aromatic rings. The summed E-state index contributed by atoms with van der Waals surface area (Å²) in [5.74, 6) is -1.10. The van der Waals surface area contributed by atoms with Gasteiger partial charge in [-0.1, -0.05) is 17.3 Å². The first-order valence-electron chi connectivity index (χ1n) is 9.68. The number of halogens is 2. The van der Waals surface area contributed by atoms with E-state index < -0.39 is 28.1 Å². The van der Waals surface area contributed by atoms with Crippen LogP contribution in [-0.2, 0) is 14.6 Å². The summed E-state index contributed by atoms with van der Waals surface area (Å²) >= 11 is 0. The van der Waals surface area contributed by atoms with Gasteiger partial charge in [-0.25, -0.2) is 17.2 Å². The molecule has 4 rings (SSSR count). The van der Waals surface area contributed by atoms with E-state index in [9.17, 15) is 22.0 Å². The Morgan fingerprint density at radius 3 is 2.34 bits per heavy atom. The molecule has 1 heterocycles. The summed E-state index contributed by atoms with van der Waals surface area (Å²) < 4.78 is 56.7. The lowest BCUT2D eigenvalue weighted by Gasteiger charge is -2.20. The van der Waals surface area contributed by atoms with Crippen molar-refractivity contribution >= 4 is 21.6 Å². The maximum atomic E-state index is 13.6. The third kappa shape index (κ3) is 4.34. The lowest BCUT2D eigenvalue weighted by Crippen LogP contribution is -2.23. The van der Waals surface area contributed by atoms with Crippen LogP contribution in [0.25, 0.3) is 0 Å². The topological polar surface area (TPSA) is 89.3 Å². The number of rotatable bonds is 7. The van der Waals surface area contributed by atoms with Crippen molar-refractivity contribution in [2.45, 2.75) is 60.5 Å². The monoisotopic (exact) mass is 424 g/mol. The van der Waals surface area contributed by atoms with Crippen LogP contribution in [-0.4, -0.2) is 37.1 Å². The van der Waals surface area contributed by atoms with Crippen molar-refractivity contribution in [2.75, 3.05) is 5.32 Å². The number of hydrogen-bond donors (Lipinski definition) is 1. The molecule has 0 saturated heterocycles. The zero-order valence-electron chi connectivity index (χ0n) is 15.6. The van der Waals surface area contributed by atoms with E-state index in [4.69, 9.17) is 4.52 Å². The van der Waals surface area contributed by atoms with Crippen LogP contribution < -0.4 is 5.32 Å². The van der Waals surface area contributed by atoms with Crippen LogP contribution in [0.1, 0.15) is 43.6 Å². The number of carbonyl (C=O) groups is 1. The van der Waals surface area contributed by atoms with E-state index in [0.29, 0.717) is 18.4 Å². The number of aromatic nitrogens is 1. The normalized spacial score (nSPS) is 25.7. The zero-order chi connectivity index (χ0) is 20.6. The smallest absolute Gasteiger partial charge is 0.233 e. The Kier molecular flexibility index (Phi) is 5.42. The van der Waals surface area contributed by atoms with Crippen molar-refractivity contribution in [1.29, 1.82) is 0 Å². The van der Waals surface area contributed by atoms with Gasteiger partial charge in [0.05, 0.1) is 16.1 Å². The summed E-state index contributed by atoms with van der Waals surface area (Å²) in [5, 5.41) is 5.98. The maximum absolute atomic E-state index is 13.6. The van der Waals surface area contributed by atoms with E-state index >= 15 is 0 Å². The summed E-state index contributed by atoms with van der Waals surface area (Å²) in [6, 6.07) is 7.72. The summed E-state index contributed by atoms with van der Waals surface area (Å²) in [7, 11) is -3.33. The Labute approximate surface area is 167 Å². The van der Waals surface area contributed by atoms with E-state index in [1.807, 2.05) is 0 Å². The fourth-order valence-corrected chi connectivity index (χ4v) is 5.56. The first-order valence-corrected chi connectivity index (χ1v) is 11.2. The molecule has 2 unspecified atom stereocenters. The second kappa shape index (κ2) is 7.85. The molecule has 2 aliphatic rings. The van der Waals surface area contributed by atoms with Gasteiger partial charge in [-0.3, -0.25) is 4.79 Å². The van der Waals surface area contributed by atoms with E-state index in [1.54, 1.807) is 12.1 Å². The van der Waals surface area contributed by atoms with Crippen LogP contribution in [0.15, 0.2) is 46.0 Å². The number of nitrogens with zero attached hydrogens (tertiary/aromatic N) is 1. The van der Waals surface area contributed by atoms with Crippen LogP contribution in [0, 0.1) is 5.92 Å². The van der Waals surface area contributed by atoms with Gasteiger partial charge in [-0.05, 0) is 55.7 Å². The predicted octanol–water partition coefficient (Wildman–Crippen LogP) is 3.81. The second-order valence-corrected chi connectivity index (χ2v) is 10.1. The number of nitrogens with one attached hydrogen (secondary N) is 1. The number of carbonyl (C=O) groups excluding carboxylic acids is 1. The molecular weight excluding hydrogens is 402 g/mol. The Hall–Kier alpha value is -2.29. The minimum Gasteiger partial charge on any atom is -0.363 e. The van der Waals surface area contributed by atoms with Crippen LogP contribution in [0.4, 0.5) is 14.6 Å². The van der Waals surface area contributed by atoms with Crippen LogP contribution in [0.5, 0.6) is 0 Å². The van der Waals surface area contributed by atoms with Crippen molar-refractivity contribution in [3.8, 4) is 0 Å². The van der Waals surface area contributed by atoms with Crippen molar-refractivity contribution in [1.82, 2.24) is 5.16 Å². The van der Waals surface area contributed by atoms with Gasteiger partial charge in [0.25, 0.3) is 0 Å². The molecule has 2 saturated carbocycles. The van der Waals surface area contributed by atoms with Gasteiger partial charge in [0.15, 0.2) is 15.7 Å². The van der Waals surface area contributed by atoms with Crippen LogP contribution in [0.2, 0.25) is 0 Å². The Bertz CT molecular complexity index is 949. The van der Waals surface area contributed by atoms with Gasteiger partial charge in [0.1, 0.15) is 18.6 Å². The summed E-state index contributed by atoms with van der Waals surface area (Å²) in [5.41, 5.74) is 0.596. The van der Waals surface area contributed by atoms with Gasteiger partial charge < -0.3 is 9.84 Å².